The Morgan fingerprint density at radius 1 is 0.837 bits per heavy atom. The van der Waals surface area contributed by atoms with Crippen molar-refractivity contribution in [3.05, 3.63) is 132 Å². The minimum atomic E-state index is -0.530. The molecule has 1 saturated heterocycles. The van der Waals surface area contributed by atoms with Gasteiger partial charge in [0.2, 0.25) is 11.8 Å². The molecule has 0 saturated carbocycles. The van der Waals surface area contributed by atoms with E-state index in [0.717, 1.165) is 10.5 Å². The highest BCUT2D eigenvalue weighted by Gasteiger charge is 2.40. The third-order valence-corrected chi connectivity index (χ3v) is 8.15. The lowest BCUT2D eigenvalue weighted by molar-refractivity contribution is -0.121. The Balaban J connectivity index is 1.29. The maximum Gasteiger partial charge on any atom is 0.272 e. The van der Waals surface area contributed by atoms with Gasteiger partial charge in [0.05, 0.1) is 10.9 Å². The zero-order chi connectivity index (χ0) is 30.3. The van der Waals surface area contributed by atoms with E-state index in [9.17, 15) is 19.2 Å². The van der Waals surface area contributed by atoms with Crippen LogP contribution in [0.1, 0.15) is 47.7 Å². The SMILES string of the molecule is CC(C)c1ccc(/C=C(\NC(=O)c2ccccc2)C(=O)Nc2ccc(SC3CC(=O)N(c4ccccc4)C3=O)cc2)cc1. The summed E-state index contributed by atoms with van der Waals surface area (Å²) in [5.41, 5.74) is 3.56. The quantitative estimate of drug-likeness (QED) is 0.169. The fourth-order valence-electron chi connectivity index (χ4n) is 4.61. The number of carbonyl (C=O) groups excluding carboxylic acids is 4. The van der Waals surface area contributed by atoms with E-state index >= 15 is 0 Å². The number of carbonyl (C=O) groups is 4. The molecule has 1 atom stereocenters. The van der Waals surface area contributed by atoms with Crippen molar-refractivity contribution in [2.45, 2.75) is 36.3 Å². The molecule has 2 N–H and O–H groups in total. The minimum absolute atomic E-state index is 0.0978. The molecule has 8 heteroatoms. The maximum atomic E-state index is 13.4. The maximum absolute atomic E-state index is 13.4. The average molecular weight is 590 g/mol. The molecule has 4 aromatic carbocycles. The predicted molar refractivity (Wildman–Crippen MR) is 171 cm³/mol. The van der Waals surface area contributed by atoms with E-state index in [2.05, 4.69) is 24.5 Å². The fraction of sp³-hybridized carbons (Fsp3) is 0.143. The summed E-state index contributed by atoms with van der Waals surface area (Å²) in [6.07, 6.45) is 1.76. The van der Waals surface area contributed by atoms with E-state index in [1.54, 1.807) is 78.9 Å². The third kappa shape index (κ3) is 7.28. The second kappa shape index (κ2) is 13.4. The van der Waals surface area contributed by atoms with Crippen LogP contribution in [0.15, 0.2) is 120 Å². The van der Waals surface area contributed by atoms with Gasteiger partial charge in [-0.25, -0.2) is 4.90 Å². The highest BCUT2D eigenvalue weighted by molar-refractivity contribution is 8.00. The van der Waals surface area contributed by atoms with Crippen molar-refractivity contribution in [1.29, 1.82) is 0 Å². The van der Waals surface area contributed by atoms with Crippen molar-refractivity contribution in [1.82, 2.24) is 5.32 Å². The van der Waals surface area contributed by atoms with Crippen LogP contribution in [0.4, 0.5) is 11.4 Å². The molecule has 1 aliphatic heterocycles. The molecule has 0 aliphatic carbocycles. The normalized spacial score (nSPS) is 15.1. The number of benzene rings is 4. The second-order valence-electron chi connectivity index (χ2n) is 10.4. The Morgan fingerprint density at radius 2 is 1.47 bits per heavy atom. The minimum Gasteiger partial charge on any atom is -0.321 e. The molecule has 0 spiro atoms. The van der Waals surface area contributed by atoms with E-state index in [-0.39, 0.29) is 23.9 Å². The molecule has 1 aliphatic rings. The highest BCUT2D eigenvalue weighted by Crippen LogP contribution is 2.34. The zero-order valence-electron chi connectivity index (χ0n) is 23.8. The van der Waals surface area contributed by atoms with Crippen LogP contribution >= 0.6 is 11.8 Å². The van der Waals surface area contributed by atoms with Gasteiger partial charge in [-0.2, -0.15) is 0 Å². The molecule has 1 unspecified atom stereocenters. The largest absolute Gasteiger partial charge is 0.321 e. The Morgan fingerprint density at radius 3 is 2.09 bits per heavy atom. The first-order valence-corrected chi connectivity index (χ1v) is 14.8. The van der Waals surface area contributed by atoms with Crippen LogP contribution in [0, 0.1) is 0 Å². The summed E-state index contributed by atoms with van der Waals surface area (Å²) in [7, 11) is 0. The van der Waals surface area contributed by atoms with Crippen LogP contribution in [-0.2, 0) is 14.4 Å². The van der Waals surface area contributed by atoms with Crippen molar-refractivity contribution < 1.29 is 19.2 Å². The number of thioether (sulfide) groups is 1. The summed E-state index contributed by atoms with van der Waals surface area (Å²) < 4.78 is 0. The molecule has 43 heavy (non-hydrogen) atoms. The van der Waals surface area contributed by atoms with Crippen LogP contribution in [0.3, 0.4) is 0 Å². The molecular weight excluding hydrogens is 558 g/mol. The fourth-order valence-corrected chi connectivity index (χ4v) is 5.66. The van der Waals surface area contributed by atoms with Gasteiger partial charge in [0.15, 0.2) is 0 Å². The third-order valence-electron chi connectivity index (χ3n) is 6.95. The second-order valence-corrected chi connectivity index (χ2v) is 11.7. The summed E-state index contributed by atoms with van der Waals surface area (Å²) in [6.45, 7) is 4.22. The Labute approximate surface area is 255 Å². The van der Waals surface area contributed by atoms with E-state index in [0.29, 0.717) is 22.9 Å². The summed E-state index contributed by atoms with van der Waals surface area (Å²) in [4.78, 5) is 53.9. The lowest BCUT2D eigenvalue weighted by atomic mass is 10.0. The van der Waals surface area contributed by atoms with Crippen molar-refractivity contribution in [2.24, 2.45) is 0 Å². The first-order chi connectivity index (χ1) is 20.8. The predicted octanol–water partition coefficient (Wildman–Crippen LogP) is 6.64. The van der Waals surface area contributed by atoms with Crippen molar-refractivity contribution in [2.75, 3.05) is 10.2 Å². The molecule has 4 amide bonds. The van der Waals surface area contributed by atoms with Gasteiger partial charge in [-0.1, -0.05) is 74.5 Å². The van der Waals surface area contributed by atoms with Gasteiger partial charge in [0.1, 0.15) is 5.70 Å². The van der Waals surface area contributed by atoms with Crippen molar-refractivity contribution in [3.63, 3.8) is 0 Å². The van der Waals surface area contributed by atoms with Crippen LogP contribution in [0.2, 0.25) is 0 Å². The summed E-state index contributed by atoms with van der Waals surface area (Å²) in [6, 6.07) is 32.5. The van der Waals surface area contributed by atoms with Crippen molar-refractivity contribution in [3.8, 4) is 0 Å². The van der Waals surface area contributed by atoms with E-state index in [1.807, 2.05) is 36.4 Å². The number of nitrogens with one attached hydrogen (secondary N) is 2. The van der Waals surface area contributed by atoms with Crippen LogP contribution < -0.4 is 15.5 Å². The molecule has 0 aromatic heterocycles. The number of hydrogen-bond acceptors (Lipinski definition) is 5. The van der Waals surface area contributed by atoms with Crippen LogP contribution in [-0.4, -0.2) is 28.9 Å². The van der Waals surface area contributed by atoms with E-state index in [1.165, 1.54) is 22.2 Å². The molecule has 1 fully saturated rings. The van der Waals surface area contributed by atoms with Crippen LogP contribution in [0.5, 0.6) is 0 Å². The molecule has 216 valence electrons. The number of rotatable bonds is 9. The monoisotopic (exact) mass is 589 g/mol. The lowest BCUT2D eigenvalue weighted by Gasteiger charge is -2.15. The zero-order valence-corrected chi connectivity index (χ0v) is 24.6. The Hall–Kier alpha value is -4.95. The van der Waals surface area contributed by atoms with Gasteiger partial charge in [0, 0.05) is 22.6 Å². The number of imide groups is 1. The Kier molecular flexibility index (Phi) is 9.17. The van der Waals surface area contributed by atoms with Gasteiger partial charge in [-0.3, -0.25) is 19.2 Å². The molecular formula is C35H31N3O4S. The van der Waals surface area contributed by atoms with Gasteiger partial charge in [-0.15, -0.1) is 11.8 Å². The lowest BCUT2D eigenvalue weighted by Crippen LogP contribution is -2.31. The van der Waals surface area contributed by atoms with Crippen molar-refractivity contribution >= 4 is 52.8 Å². The number of para-hydroxylation sites is 1. The molecule has 0 radical (unpaired) electrons. The smallest absolute Gasteiger partial charge is 0.272 e. The Bertz CT molecular complexity index is 1650. The number of anilines is 2. The van der Waals surface area contributed by atoms with Gasteiger partial charge >= 0.3 is 0 Å². The molecule has 4 aromatic rings. The summed E-state index contributed by atoms with van der Waals surface area (Å²) >= 11 is 1.31. The standard InChI is InChI=1S/C35H31N3O4S/c1-23(2)25-15-13-24(14-16-25)21-30(37-33(40)26-9-5-3-6-10-26)34(41)36-27-17-19-29(20-18-27)43-31-22-32(39)38(35(31)42)28-11-7-4-8-12-28/h3-21,23,31H,22H2,1-2H3,(H,36,41)(H,37,40)/b30-21-. The molecule has 1 heterocycles. The number of nitrogens with zero attached hydrogens (tertiary/aromatic N) is 1. The first-order valence-electron chi connectivity index (χ1n) is 14.0. The first kappa shape index (κ1) is 29.5. The molecule has 5 rings (SSSR count). The van der Waals surface area contributed by atoms with E-state index < -0.39 is 17.1 Å². The number of amides is 4. The van der Waals surface area contributed by atoms with Gasteiger partial charge < -0.3 is 10.6 Å². The molecule has 7 nitrogen and oxygen atoms in total. The summed E-state index contributed by atoms with van der Waals surface area (Å²) in [5, 5.41) is 5.08. The average Bonchev–Trinajstić information content (AvgIpc) is 3.30. The molecule has 0 bridgehead atoms. The van der Waals surface area contributed by atoms with Gasteiger partial charge in [-0.05, 0) is 71.7 Å². The summed E-state index contributed by atoms with van der Waals surface area (Å²) in [5.74, 6) is -0.979. The van der Waals surface area contributed by atoms with Gasteiger partial charge in [0.25, 0.3) is 11.8 Å². The number of hydrogen-bond donors (Lipinski definition) is 2. The van der Waals surface area contributed by atoms with Crippen LogP contribution in [0.25, 0.3) is 6.08 Å². The highest BCUT2D eigenvalue weighted by atomic mass is 32.2. The van der Waals surface area contributed by atoms with E-state index in [4.69, 9.17) is 0 Å². The topological polar surface area (TPSA) is 95.6 Å².